The van der Waals surface area contributed by atoms with Gasteiger partial charge in [0.05, 0.1) is 23.0 Å². The lowest BCUT2D eigenvalue weighted by Crippen LogP contribution is -2.34. The van der Waals surface area contributed by atoms with Crippen molar-refractivity contribution in [2.75, 3.05) is 25.0 Å². The third-order valence-corrected chi connectivity index (χ3v) is 3.11. The van der Waals surface area contributed by atoms with Crippen LogP contribution >= 0.6 is 11.6 Å². The van der Waals surface area contributed by atoms with Crippen molar-refractivity contribution < 1.29 is 9.53 Å². The Morgan fingerprint density at radius 2 is 2.33 bits per heavy atom. The molecule has 1 saturated heterocycles. The van der Waals surface area contributed by atoms with Crippen LogP contribution in [0, 0.1) is 0 Å². The Labute approximate surface area is 111 Å². The zero-order chi connectivity index (χ0) is 12.8. The SMILES string of the molecule is O=C(COC1CCNCC1)Nc1cnccc1Cl. The van der Waals surface area contributed by atoms with E-state index in [1.54, 1.807) is 12.3 Å². The van der Waals surface area contributed by atoms with E-state index in [4.69, 9.17) is 16.3 Å². The molecule has 2 N–H and O–H groups in total. The summed E-state index contributed by atoms with van der Waals surface area (Å²) in [7, 11) is 0. The number of nitrogens with one attached hydrogen (secondary N) is 2. The smallest absolute Gasteiger partial charge is 0.250 e. The van der Waals surface area contributed by atoms with Crippen LogP contribution in [0.2, 0.25) is 5.02 Å². The first-order chi connectivity index (χ1) is 8.75. The maximum atomic E-state index is 11.7. The average molecular weight is 270 g/mol. The average Bonchev–Trinajstić information content (AvgIpc) is 2.40. The summed E-state index contributed by atoms with van der Waals surface area (Å²) < 4.78 is 5.54. The van der Waals surface area contributed by atoms with Crippen LogP contribution in [0.5, 0.6) is 0 Å². The monoisotopic (exact) mass is 269 g/mol. The molecule has 0 saturated carbocycles. The number of ether oxygens (including phenoxy) is 1. The van der Waals surface area contributed by atoms with E-state index < -0.39 is 0 Å². The van der Waals surface area contributed by atoms with E-state index >= 15 is 0 Å². The zero-order valence-corrected chi connectivity index (χ0v) is 10.7. The number of aromatic nitrogens is 1. The molecule has 2 rings (SSSR count). The van der Waals surface area contributed by atoms with Crippen LogP contribution in [0.4, 0.5) is 5.69 Å². The van der Waals surface area contributed by atoms with E-state index in [-0.39, 0.29) is 18.6 Å². The highest BCUT2D eigenvalue weighted by molar-refractivity contribution is 6.33. The van der Waals surface area contributed by atoms with Gasteiger partial charge in [0.1, 0.15) is 6.61 Å². The van der Waals surface area contributed by atoms with Crippen molar-refractivity contribution in [2.45, 2.75) is 18.9 Å². The number of amides is 1. The molecule has 18 heavy (non-hydrogen) atoms. The standard InChI is InChI=1S/C12H16ClN3O2/c13-10-3-6-15-7-11(10)16-12(17)8-18-9-1-4-14-5-2-9/h3,6-7,9,14H,1-2,4-5,8H2,(H,16,17). The molecule has 0 unspecified atom stereocenters. The topological polar surface area (TPSA) is 63.2 Å². The molecule has 0 atom stereocenters. The van der Waals surface area contributed by atoms with Crippen LogP contribution in [0.15, 0.2) is 18.5 Å². The lowest BCUT2D eigenvalue weighted by atomic mass is 10.1. The first-order valence-electron chi connectivity index (χ1n) is 5.97. The van der Waals surface area contributed by atoms with Gasteiger partial charge in [-0.05, 0) is 32.0 Å². The van der Waals surface area contributed by atoms with Crippen molar-refractivity contribution in [2.24, 2.45) is 0 Å². The number of hydrogen-bond donors (Lipinski definition) is 2. The van der Waals surface area contributed by atoms with E-state index in [0.29, 0.717) is 10.7 Å². The fourth-order valence-corrected chi connectivity index (χ4v) is 1.96. The van der Waals surface area contributed by atoms with E-state index in [0.717, 1.165) is 25.9 Å². The second-order valence-electron chi connectivity index (χ2n) is 4.16. The Bertz CT molecular complexity index is 408. The Morgan fingerprint density at radius 3 is 3.06 bits per heavy atom. The molecule has 6 heteroatoms. The number of carbonyl (C=O) groups excluding carboxylic acids is 1. The molecule has 1 aromatic heterocycles. The molecule has 1 aliphatic rings. The molecule has 98 valence electrons. The molecule has 0 aliphatic carbocycles. The first kappa shape index (κ1) is 13.3. The summed E-state index contributed by atoms with van der Waals surface area (Å²) in [6.45, 7) is 1.94. The zero-order valence-electron chi connectivity index (χ0n) is 9.99. The predicted molar refractivity (Wildman–Crippen MR) is 69.7 cm³/mol. The Morgan fingerprint density at radius 1 is 1.56 bits per heavy atom. The normalized spacial score (nSPS) is 16.5. The first-order valence-corrected chi connectivity index (χ1v) is 6.35. The minimum absolute atomic E-state index is 0.0515. The van der Waals surface area contributed by atoms with Gasteiger partial charge in [-0.25, -0.2) is 0 Å². The summed E-state index contributed by atoms with van der Waals surface area (Å²) in [5.74, 6) is -0.205. The molecule has 0 radical (unpaired) electrons. The minimum atomic E-state index is -0.205. The number of rotatable bonds is 4. The van der Waals surface area contributed by atoms with Gasteiger partial charge in [-0.1, -0.05) is 11.6 Å². The molecule has 1 fully saturated rings. The second-order valence-corrected chi connectivity index (χ2v) is 4.57. The number of carbonyl (C=O) groups is 1. The second kappa shape index (κ2) is 6.68. The highest BCUT2D eigenvalue weighted by Crippen LogP contribution is 2.18. The molecule has 5 nitrogen and oxygen atoms in total. The van der Waals surface area contributed by atoms with E-state index in [1.165, 1.54) is 6.20 Å². The van der Waals surface area contributed by atoms with Crippen LogP contribution in [0.25, 0.3) is 0 Å². The summed E-state index contributed by atoms with van der Waals surface area (Å²) in [5, 5.41) is 6.39. The van der Waals surface area contributed by atoms with Crippen molar-refractivity contribution in [3.63, 3.8) is 0 Å². The molecule has 1 amide bonds. The fraction of sp³-hybridized carbons (Fsp3) is 0.500. The van der Waals surface area contributed by atoms with Gasteiger partial charge in [0.25, 0.3) is 0 Å². The van der Waals surface area contributed by atoms with Gasteiger partial charge in [-0.2, -0.15) is 0 Å². The summed E-state index contributed by atoms with van der Waals surface area (Å²) in [6.07, 6.45) is 5.15. The third-order valence-electron chi connectivity index (χ3n) is 2.78. The van der Waals surface area contributed by atoms with Gasteiger partial charge in [-0.15, -0.1) is 0 Å². The van der Waals surface area contributed by atoms with E-state index in [2.05, 4.69) is 15.6 Å². The van der Waals surface area contributed by atoms with Gasteiger partial charge < -0.3 is 15.4 Å². The van der Waals surface area contributed by atoms with Crippen molar-refractivity contribution >= 4 is 23.2 Å². The quantitative estimate of drug-likeness (QED) is 0.868. The minimum Gasteiger partial charge on any atom is -0.368 e. The Balaban J connectivity index is 1.76. The van der Waals surface area contributed by atoms with Crippen LogP contribution in [0.3, 0.4) is 0 Å². The van der Waals surface area contributed by atoms with Crippen molar-refractivity contribution in [1.29, 1.82) is 0 Å². The molecule has 0 spiro atoms. The van der Waals surface area contributed by atoms with Crippen LogP contribution in [-0.2, 0) is 9.53 Å². The highest BCUT2D eigenvalue weighted by Gasteiger charge is 2.15. The number of pyridine rings is 1. The lowest BCUT2D eigenvalue weighted by Gasteiger charge is -2.22. The third kappa shape index (κ3) is 3.94. The van der Waals surface area contributed by atoms with Crippen LogP contribution in [0.1, 0.15) is 12.8 Å². The molecular weight excluding hydrogens is 254 g/mol. The predicted octanol–water partition coefficient (Wildman–Crippen LogP) is 1.44. The van der Waals surface area contributed by atoms with Crippen molar-refractivity contribution in [3.05, 3.63) is 23.5 Å². The number of anilines is 1. The van der Waals surface area contributed by atoms with E-state index in [1.807, 2.05) is 0 Å². The summed E-state index contributed by atoms with van der Waals surface area (Å²) >= 11 is 5.91. The summed E-state index contributed by atoms with van der Waals surface area (Å²) in [6, 6.07) is 1.63. The van der Waals surface area contributed by atoms with E-state index in [9.17, 15) is 4.79 Å². The largest absolute Gasteiger partial charge is 0.368 e. The molecule has 1 aliphatic heterocycles. The maximum Gasteiger partial charge on any atom is 0.250 e. The van der Waals surface area contributed by atoms with Gasteiger partial charge >= 0.3 is 0 Å². The summed E-state index contributed by atoms with van der Waals surface area (Å²) in [4.78, 5) is 15.6. The molecule has 0 aromatic carbocycles. The number of hydrogen-bond acceptors (Lipinski definition) is 4. The molecule has 1 aromatic rings. The van der Waals surface area contributed by atoms with Gasteiger partial charge in [0.2, 0.25) is 5.91 Å². The van der Waals surface area contributed by atoms with Crippen LogP contribution < -0.4 is 10.6 Å². The van der Waals surface area contributed by atoms with Crippen molar-refractivity contribution in [3.8, 4) is 0 Å². The fourth-order valence-electron chi connectivity index (χ4n) is 1.81. The van der Waals surface area contributed by atoms with Gasteiger partial charge in [0.15, 0.2) is 0 Å². The number of halogens is 1. The Kier molecular flexibility index (Phi) is 4.92. The van der Waals surface area contributed by atoms with Crippen LogP contribution in [-0.4, -0.2) is 36.7 Å². The highest BCUT2D eigenvalue weighted by atomic mass is 35.5. The van der Waals surface area contributed by atoms with Gasteiger partial charge in [0, 0.05) is 6.20 Å². The number of piperidine rings is 1. The number of nitrogens with zero attached hydrogens (tertiary/aromatic N) is 1. The van der Waals surface area contributed by atoms with Gasteiger partial charge in [-0.3, -0.25) is 9.78 Å². The lowest BCUT2D eigenvalue weighted by molar-refractivity contribution is -0.123. The molecule has 0 bridgehead atoms. The maximum absolute atomic E-state index is 11.7. The summed E-state index contributed by atoms with van der Waals surface area (Å²) in [5.41, 5.74) is 0.512. The molecule has 2 heterocycles. The van der Waals surface area contributed by atoms with Crippen molar-refractivity contribution in [1.82, 2.24) is 10.3 Å². The Hall–Kier alpha value is -1.17. The molecular formula is C12H16ClN3O2.